The number of hydrogen-bond acceptors (Lipinski definition) is 4. The average Bonchev–Trinajstić information content (AvgIpc) is 3.10. The molecule has 4 rings (SSSR count). The molecule has 2 heterocycles. The Bertz CT molecular complexity index is 906. The van der Waals surface area contributed by atoms with Gasteiger partial charge in [0, 0.05) is 12.4 Å². The van der Waals surface area contributed by atoms with Crippen LogP contribution in [0, 0.1) is 0 Å². The van der Waals surface area contributed by atoms with Crippen LogP contribution in [0.3, 0.4) is 0 Å². The van der Waals surface area contributed by atoms with Gasteiger partial charge in [0.25, 0.3) is 0 Å². The predicted molar refractivity (Wildman–Crippen MR) is 88.6 cm³/mol. The molecule has 0 N–H and O–H groups in total. The Kier molecular flexibility index (Phi) is 3.37. The standard InChI is InChI=1S/C18H14N4O/c1-3-7-15(8-4-1)22(23-16-9-5-2-6-10-16)18-17-13-19-14-21(17)12-11-20-18/h1-14H. The molecular formula is C18H14N4O. The third-order valence-electron chi connectivity index (χ3n) is 3.44. The van der Waals surface area contributed by atoms with Gasteiger partial charge in [-0.3, -0.25) is 0 Å². The van der Waals surface area contributed by atoms with Gasteiger partial charge in [-0.25, -0.2) is 9.97 Å². The van der Waals surface area contributed by atoms with Crippen molar-refractivity contribution in [3.8, 4) is 5.75 Å². The van der Waals surface area contributed by atoms with Crippen LogP contribution in [-0.2, 0) is 0 Å². The fraction of sp³-hybridized carbons (Fsp3) is 0. The highest BCUT2D eigenvalue weighted by Crippen LogP contribution is 2.28. The molecule has 112 valence electrons. The summed E-state index contributed by atoms with van der Waals surface area (Å²) in [4.78, 5) is 14.8. The van der Waals surface area contributed by atoms with E-state index in [1.807, 2.05) is 71.3 Å². The van der Waals surface area contributed by atoms with Gasteiger partial charge in [0.05, 0.1) is 18.2 Å². The number of imidazole rings is 1. The highest BCUT2D eigenvalue weighted by Gasteiger charge is 2.16. The van der Waals surface area contributed by atoms with Gasteiger partial charge in [0.1, 0.15) is 5.52 Å². The molecule has 0 amide bonds. The van der Waals surface area contributed by atoms with Crippen molar-refractivity contribution >= 4 is 17.0 Å². The number of para-hydroxylation sites is 2. The molecule has 5 nitrogen and oxygen atoms in total. The minimum atomic E-state index is 0.681. The Hall–Kier alpha value is -3.34. The van der Waals surface area contributed by atoms with E-state index in [9.17, 15) is 0 Å². The maximum Gasteiger partial charge on any atom is 0.195 e. The fourth-order valence-corrected chi connectivity index (χ4v) is 2.36. The second-order valence-corrected chi connectivity index (χ2v) is 4.97. The molecule has 0 unspecified atom stereocenters. The summed E-state index contributed by atoms with van der Waals surface area (Å²) < 4.78 is 1.91. The first-order chi connectivity index (χ1) is 11.4. The third kappa shape index (κ3) is 2.60. The van der Waals surface area contributed by atoms with Crippen molar-refractivity contribution in [1.29, 1.82) is 0 Å². The molecule has 4 aromatic rings. The van der Waals surface area contributed by atoms with Crippen LogP contribution in [0.1, 0.15) is 0 Å². The van der Waals surface area contributed by atoms with E-state index in [0.29, 0.717) is 5.82 Å². The highest BCUT2D eigenvalue weighted by atomic mass is 16.7. The van der Waals surface area contributed by atoms with E-state index in [0.717, 1.165) is 17.0 Å². The van der Waals surface area contributed by atoms with Crippen LogP contribution in [0.25, 0.3) is 5.52 Å². The second-order valence-electron chi connectivity index (χ2n) is 4.97. The van der Waals surface area contributed by atoms with Crippen LogP contribution >= 0.6 is 0 Å². The van der Waals surface area contributed by atoms with Crippen LogP contribution < -0.4 is 9.90 Å². The SMILES string of the molecule is c1ccc(ON(c2ccccc2)c2nccn3cncc23)cc1. The average molecular weight is 302 g/mol. The number of benzene rings is 2. The first-order valence-electron chi connectivity index (χ1n) is 7.27. The predicted octanol–water partition coefficient (Wildman–Crippen LogP) is 3.86. The Morgan fingerprint density at radius 3 is 2.43 bits per heavy atom. The highest BCUT2D eigenvalue weighted by molar-refractivity contribution is 5.73. The summed E-state index contributed by atoms with van der Waals surface area (Å²) >= 11 is 0. The molecule has 0 atom stereocenters. The number of aromatic nitrogens is 3. The molecule has 0 aliphatic carbocycles. The van der Waals surface area contributed by atoms with E-state index in [2.05, 4.69) is 9.97 Å². The van der Waals surface area contributed by atoms with Crippen LogP contribution in [0.15, 0.2) is 85.6 Å². The molecule has 23 heavy (non-hydrogen) atoms. The number of anilines is 2. The molecule has 0 bridgehead atoms. The van der Waals surface area contributed by atoms with E-state index in [-0.39, 0.29) is 0 Å². The second kappa shape index (κ2) is 5.81. The van der Waals surface area contributed by atoms with Crippen molar-refractivity contribution < 1.29 is 4.84 Å². The number of nitrogens with zero attached hydrogens (tertiary/aromatic N) is 4. The molecule has 0 fully saturated rings. The lowest BCUT2D eigenvalue weighted by Gasteiger charge is -2.23. The third-order valence-corrected chi connectivity index (χ3v) is 3.44. The van der Waals surface area contributed by atoms with Gasteiger partial charge < -0.3 is 9.24 Å². The zero-order valence-electron chi connectivity index (χ0n) is 12.3. The number of fused-ring (bicyclic) bond motifs is 1. The van der Waals surface area contributed by atoms with E-state index < -0.39 is 0 Å². The van der Waals surface area contributed by atoms with Crippen LogP contribution in [-0.4, -0.2) is 14.4 Å². The zero-order valence-corrected chi connectivity index (χ0v) is 12.3. The van der Waals surface area contributed by atoms with Gasteiger partial charge in [0.2, 0.25) is 0 Å². The summed E-state index contributed by atoms with van der Waals surface area (Å²) in [6.45, 7) is 0. The molecule has 0 saturated heterocycles. The maximum absolute atomic E-state index is 6.09. The Morgan fingerprint density at radius 1 is 0.913 bits per heavy atom. The lowest BCUT2D eigenvalue weighted by molar-refractivity contribution is 0.321. The molecule has 0 radical (unpaired) electrons. The van der Waals surface area contributed by atoms with Crippen molar-refractivity contribution in [1.82, 2.24) is 14.4 Å². The normalized spacial score (nSPS) is 10.6. The number of rotatable bonds is 4. The van der Waals surface area contributed by atoms with E-state index >= 15 is 0 Å². The van der Waals surface area contributed by atoms with Crippen LogP contribution in [0.2, 0.25) is 0 Å². The van der Waals surface area contributed by atoms with Crippen LogP contribution in [0.5, 0.6) is 5.75 Å². The summed E-state index contributed by atoms with van der Waals surface area (Å²) in [6, 6.07) is 19.5. The first kappa shape index (κ1) is 13.3. The fourth-order valence-electron chi connectivity index (χ4n) is 2.36. The van der Waals surface area contributed by atoms with Gasteiger partial charge in [0.15, 0.2) is 11.6 Å². The van der Waals surface area contributed by atoms with E-state index in [1.165, 1.54) is 0 Å². The lowest BCUT2D eigenvalue weighted by atomic mass is 10.3. The van der Waals surface area contributed by atoms with Gasteiger partial charge in [-0.2, -0.15) is 5.06 Å². The Morgan fingerprint density at radius 2 is 1.65 bits per heavy atom. The van der Waals surface area contributed by atoms with E-state index in [1.54, 1.807) is 23.8 Å². The molecule has 0 aliphatic rings. The van der Waals surface area contributed by atoms with Gasteiger partial charge in [-0.05, 0) is 24.3 Å². The van der Waals surface area contributed by atoms with Crippen molar-refractivity contribution in [2.75, 3.05) is 5.06 Å². The van der Waals surface area contributed by atoms with Crippen molar-refractivity contribution in [3.63, 3.8) is 0 Å². The van der Waals surface area contributed by atoms with E-state index in [4.69, 9.17) is 4.84 Å². The van der Waals surface area contributed by atoms with Crippen molar-refractivity contribution in [2.45, 2.75) is 0 Å². The molecule has 2 aromatic heterocycles. The molecular weight excluding hydrogens is 288 g/mol. The summed E-state index contributed by atoms with van der Waals surface area (Å²) in [5, 5.41) is 1.71. The zero-order chi connectivity index (χ0) is 15.5. The first-order valence-corrected chi connectivity index (χ1v) is 7.27. The lowest BCUT2D eigenvalue weighted by Crippen LogP contribution is -2.23. The molecule has 0 aliphatic heterocycles. The number of hydrogen-bond donors (Lipinski definition) is 0. The summed E-state index contributed by atoms with van der Waals surface area (Å²) in [5.41, 5.74) is 1.76. The Labute approximate surface area is 133 Å². The Balaban J connectivity index is 1.84. The van der Waals surface area contributed by atoms with Gasteiger partial charge in [-0.1, -0.05) is 36.4 Å². The largest absolute Gasteiger partial charge is 0.373 e. The maximum atomic E-state index is 6.09. The minimum absolute atomic E-state index is 0.681. The molecule has 0 saturated carbocycles. The van der Waals surface area contributed by atoms with Gasteiger partial charge >= 0.3 is 0 Å². The monoisotopic (exact) mass is 302 g/mol. The van der Waals surface area contributed by atoms with Crippen LogP contribution in [0.4, 0.5) is 11.5 Å². The molecule has 0 spiro atoms. The van der Waals surface area contributed by atoms with Crippen molar-refractivity contribution in [3.05, 3.63) is 85.6 Å². The van der Waals surface area contributed by atoms with Gasteiger partial charge in [-0.15, -0.1) is 0 Å². The molecule has 2 aromatic carbocycles. The summed E-state index contributed by atoms with van der Waals surface area (Å²) in [5.74, 6) is 1.42. The summed E-state index contributed by atoms with van der Waals surface area (Å²) in [6.07, 6.45) is 7.10. The quantitative estimate of drug-likeness (QED) is 0.537. The topological polar surface area (TPSA) is 42.7 Å². The smallest absolute Gasteiger partial charge is 0.195 e. The summed E-state index contributed by atoms with van der Waals surface area (Å²) in [7, 11) is 0. The minimum Gasteiger partial charge on any atom is -0.373 e. The molecule has 5 heteroatoms. The van der Waals surface area contributed by atoms with Crippen molar-refractivity contribution in [2.24, 2.45) is 0 Å².